The van der Waals surface area contributed by atoms with Crippen LogP contribution in [-0.2, 0) is 10.0 Å². The largest absolute Gasteiger partial charge is 0.428 e. The number of carbonyl (C=O) groups is 1. The molecule has 1 saturated carbocycles. The Morgan fingerprint density at radius 3 is 2.55 bits per heavy atom. The number of hydrogen-bond acceptors (Lipinski definition) is 7. The minimum absolute atomic E-state index is 0.0649. The molecular formula is C20H24N4O4S. The number of anilines is 2. The van der Waals surface area contributed by atoms with Crippen molar-refractivity contribution in [3.63, 3.8) is 0 Å². The van der Waals surface area contributed by atoms with Crippen LogP contribution in [-0.4, -0.2) is 32.1 Å². The summed E-state index contributed by atoms with van der Waals surface area (Å²) in [6.45, 7) is 2.21. The van der Waals surface area contributed by atoms with Crippen LogP contribution in [0.25, 0.3) is 0 Å². The Morgan fingerprint density at radius 2 is 1.97 bits per heavy atom. The van der Waals surface area contributed by atoms with Crippen molar-refractivity contribution in [2.75, 3.05) is 17.7 Å². The van der Waals surface area contributed by atoms with E-state index in [1.807, 2.05) is 21.8 Å². The maximum absolute atomic E-state index is 12.2. The normalized spacial score (nSPS) is 14.5. The molecule has 8 nitrogen and oxygen atoms in total. The number of aryl methyl sites for hydroxylation is 1. The summed E-state index contributed by atoms with van der Waals surface area (Å²) in [6.07, 6.45) is 6.75. The van der Waals surface area contributed by atoms with Gasteiger partial charge in [-0.3, -0.25) is 9.69 Å². The summed E-state index contributed by atoms with van der Waals surface area (Å²) in [5.41, 5.74) is 1.27. The van der Waals surface area contributed by atoms with Crippen molar-refractivity contribution in [1.29, 1.82) is 5.26 Å². The Labute approximate surface area is 170 Å². The zero-order chi connectivity index (χ0) is 21.0. The molecule has 0 unspecified atom stereocenters. The Bertz CT molecular complexity index is 1020. The zero-order valence-electron chi connectivity index (χ0n) is 16.5. The lowest BCUT2D eigenvalue weighted by atomic mass is 10.0. The van der Waals surface area contributed by atoms with Crippen molar-refractivity contribution in [3.05, 3.63) is 41.3 Å². The van der Waals surface area contributed by atoms with Crippen LogP contribution < -0.4 is 9.62 Å². The topological polar surface area (TPSA) is 116 Å². The first kappa shape index (κ1) is 20.9. The van der Waals surface area contributed by atoms with Crippen LogP contribution >= 0.6 is 0 Å². The molecular weight excluding hydrogens is 392 g/mol. The Morgan fingerprint density at radius 1 is 1.31 bits per heavy atom. The van der Waals surface area contributed by atoms with E-state index in [4.69, 9.17) is 9.68 Å². The van der Waals surface area contributed by atoms with Crippen LogP contribution in [0.4, 0.5) is 11.7 Å². The monoisotopic (exact) mass is 416 g/mol. The van der Waals surface area contributed by atoms with E-state index in [1.54, 1.807) is 19.1 Å². The average molecular weight is 417 g/mol. The van der Waals surface area contributed by atoms with E-state index in [2.05, 4.69) is 11.1 Å². The highest BCUT2D eigenvalue weighted by Gasteiger charge is 2.25. The molecule has 0 atom stereocenters. The Kier molecular flexibility index (Phi) is 6.23. The van der Waals surface area contributed by atoms with Gasteiger partial charge in [0.1, 0.15) is 5.76 Å². The molecule has 0 aliphatic heterocycles. The fraction of sp³-hybridized carbons (Fsp3) is 0.450. The van der Waals surface area contributed by atoms with Crippen LogP contribution in [0.1, 0.15) is 53.9 Å². The van der Waals surface area contributed by atoms with Crippen LogP contribution in [0.5, 0.6) is 0 Å². The SMILES string of the molecule is Cc1oc(N(CCC2CCCC2)c2ccc(C#N)cc2)nc1C(=O)NS(C)(=O)=O. The number of nitrogens with one attached hydrogen (secondary N) is 1. The second-order valence-electron chi connectivity index (χ2n) is 7.35. The van der Waals surface area contributed by atoms with E-state index in [9.17, 15) is 13.2 Å². The van der Waals surface area contributed by atoms with Gasteiger partial charge in [-0.15, -0.1) is 0 Å². The predicted molar refractivity (Wildman–Crippen MR) is 108 cm³/mol. The average Bonchev–Trinajstić information content (AvgIpc) is 3.31. The van der Waals surface area contributed by atoms with Gasteiger partial charge in [-0.05, 0) is 43.5 Å². The molecule has 29 heavy (non-hydrogen) atoms. The van der Waals surface area contributed by atoms with E-state index in [1.165, 1.54) is 25.7 Å². The molecule has 0 bridgehead atoms. The van der Waals surface area contributed by atoms with Crippen LogP contribution in [0.3, 0.4) is 0 Å². The Balaban J connectivity index is 1.89. The zero-order valence-corrected chi connectivity index (χ0v) is 17.3. The van der Waals surface area contributed by atoms with Crippen molar-refractivity contribution in [1.82, 2.24) is 9.71 Å². The number of sulfonamides is 1. The van der Waals surface area contributed by atoms with E-state index < -0.39 is 15.9 Å². The smallest absolute Gasteiger partial charge is 0.302 e. The third-order valence-corrected chi connectivity index (χ3v) is 5.61. The fourth-order valence-corrected chi connectivity index (χ4v) is 4.02. The summed E-state index contributed by atoms with van der Waals surface area (Å²) < 4.78 is 30.4. The van der Waals surface area contributed by atoms with Crippen molar-refractivity contribution in [2.24, 2.45) is 5.92 Å². The van der Waals surface area contributed by atoms with Crippen molar-refractivity contribution in [3.8, 4) is 6.07 Å². The lowest BCUT2D eigenvalue weighted by molar-refractivity contribution is 0.0976. The van der Waals surface area contributed by atoms with Gasteiger partial charge in [-0.2, -0.15) is 10.2 Å². The second-order valence-corrected chi connectivity index (χ2v) is 9.10. The third-order valence-electron chi connectivity index (χ3n) is 5.05. The number of benzene rings is 1. The summed E-state index contributed by atoms with van der Waals surface area (Å²) in [7, 11) is -3.71. The fourth-order valence-electron chi connectivity index (χ4n) is 3.59. The minimum Gasteiger partial charge on any atom is -0.428 e. The van der Waals surface area contributed by atoms with Crippen LogP contribution in [0.15, 0.2) is 28.7 Å². The number of nitriles is 1. The van der Waals surface area contributed by atoms with E-state index >= 15 is 0 Å². The van der Waals surface area contributed by atoms with Gasteiger partial charge < -0.3 is 4.42 Å². The number of amides is 1. The predicted octanol–water partition coefficient (Wildman–Crippen LogP) is 3.26. The molecule has 9 heteroatoms. The molecule has 1 amide bonds. The first-order chi connectivity index (χ1) is 13.8. The molecule has 1 fully saturated rings. The molecule has 1 aliphatic rings. The standard InChI is InChI=1S/C20H24N4O4S/c1-14-18(19(25)23-29(2,26)27)22-20(28-14)24(12-11-15-5-3-4-6-15)17-9-7-16(13-21)8-10-17/h7-10,15H,3-6,11-12H2,1-2H3,(H,23,25). The number of aromatic nitrogens is 1. The number of hydrogen-bond donors (Lipinski definition) is 1. The maximum atomic E-state index is 12.2. The first-order valence-electron chi connectivity index (χ1n) is 9.54. The van der Waals surface area contributed by atoms with Gasteiger partial charge in [0.25, 0.3) is 5.91 Å². The van der Waals surface area contributed by atoms with Gasteiger partial charge in [0, 0.05) is 12.2 Å². The van der Waals surface area contributed by atoms with Crippen molar-refractivity contribution in [2.45, 2.75) is 39.0 Å². The van der Waals surface area contributed by atoms with E-state index in [0.717, 1.165) is 18.4 Å². The van der Waals surface area contributed by atoms with Crippen LogP contribution in [0, 0.1) is 24.2 Å². The quantitative estimate of drug-likeness (QED) is 0.736. The molecule has 0 radical (unpaired) electrons. The van der Waals surface area contributed by atoms with Crippen molar-refractivity contribution >= 4 is 27.6 Å². The molecule has 1 aliphatic carbocycles. The molecule has 1 aromatic carbocycles. The molecule has 1 N–H and O–H groups in total. The summed E-state index contributed by atoms with van der Waals surface area (Å²) in [4.78, 5) is 18.4. The van der Waals surface area contributed by atoms with Gasteiger partial charge in [-0.1, -0.05) is 25.7 Å². The van der Waals surface area contributed by atoms with E-state index in [0.29, 0.717) is 18.0 Å². The van der Waals surface area contributed by atoms with Gasteiger partial charge >= 0.3 is 6.01 Å². The number of oxazole rings is 1. The number of nitrogens with zero attached hydrogens (tertiary/aromatic N) is 3. The molecule has 3 rings (SSSR count). The third kappa shape index (κ3) is 5.35. The van der Waals surface area contributed by atoms with Gasteiger partial charge in [0.2, 0.25) is 10.0 Å². The lowest BCUT2D eigenvalue weighted by Crippen LogP contribution is -2.30. The van der Waals surface area contributed by atoms with Crippen molar-refractivity contribution < 1.29 is 17.6 Å². The minimum atomic E-state index is -3.71. The molecule has 0 saturated heterocycles. The second kappa shape index (κ2) is 8.66. The molecule has 0 spiro atoms. The maximum Gasteiger partial charge on any atom is 0.302 e. The Hall–Kier alpha value is -2.86. The highest BCUT2D eigenvalue weighted by Crippen LogP contribution is 2.32. The van der Waals surface area contributed by atoms with Crippen LogP contribution in [0.2, 0.25) is 0 Å². The number of rotatable bonds is 7. The molecule has 1 heterocycles. The highest BCUT2D eigenvalue weighted by atomic mass is 32.2. The summed E-state index contributed by atoms with van der Waals surface area (Å²) in [5, 5.41) is 9.04. The highest BCUT2D eigenvalue weighted by molar-refractivity contribution is 7.89. The van der Waals surface area contributed by atoms with Gasteiger partial charge in [0.05, 0.1) is 17.9 Å². The molecule has 1 aromatic heterocycles. The first-order valence-corrected chi connectivity index (χ1v) is 11.4. The summed E-state index contributed by atoms with van der Waals surface area (Å²) in [6, 6.07) is 9.36. The number of carbonyl (C=O) groups excluding carboxylic acids is 1. The van der Waals surface area contributed by atoms with Gasteiger partial charge in [-0.25, -0.2) is 13.1 Å². The molecule has 2 aromatic rings. The van der Waals surface area contributed by atoms with E-state index in [-0.39, 0.29) is 17.5 Å². The lowest BCUT2D eigenvalue weighted by Gasteiger charge is -2.22. The molecule has 154 valence electrons. The summed E-state index contributed by atoms with van der Waals surface area (Å²) >= 11 is 0. The van der Waals surface area contributed by atoms with Gasteiger partial charge in [0.15, 0.2) is 5.69 Å². The summed E-state index contributed by atoms with van der Waals surface area (Å²) in [5.74, 6) is 0.0520.